The van der Waals surface area contributed by atoms with Crippen molar-refractivity contribution in [2.75, 3.05) is 6.54 Å². The third-order valence-electron chi connectivity index (χ3n) is 2.77. The third kappa shape index (κ3) is 4.36. The Morgan fingerprint density at radius 1 is 1.47 bits per heavy atom. The first-order chi connectivity index (χ1) is 8.82. The standard InChI is InChI=1S/C13H17ClFNO3/c1-7(2)11(17)3-4-16-13(19)9-5-8(15)6-10(14)12(9)18/h5-7,11,17-18H,3-4H2,1-2H3,(H,16,19). The second kappa shape index (κ2) is 6.73. The predicted molar refractivity (Wildman–Crippen MR) is 70.9 cm³/mol. The molecule has 0 aliphatic heterocycles. The van der Waals surface area contributed by atoms with E-state index in [2.05, 4.69) is 5.32 Å². The van der Waals surface area contributed by atoms with Crippen LogP contribution in [0, 0.1) is 11.7 Å². The molecular weight excluding hydrogens is 273 g/mol. The van der Waals surface area contributed by atoms with Crippen molar-refractivity contribution < 1.29 is 19.4 Å². The second-order valence-electron chi connectivity index (χ2n) is 4.64. The van der Waals surface area contributed by atoms with Gasteiger partial charge in [0.15, 0.2) is 0 Å². The van der Waals surface area contributed by atoms with Gasteiger partial charge in [0.05, 0.1) is 16.7 Å². The van der Waals surface area contributed by atoms with E-state index < -0.39 is 23.6 Å². The molecule has 3 N–H and O–H groups in total. The first-order valence-electron chi connectivity index (χ1n) is 5.97. The Bertz CT molecular complexity index is 465. The summed E-state index contributed by atoms with van der Waals surface area (Å²) in [6.45, 7) is 3.96. The summed E-state index contributed by atoms with van der Waals surface area (Å²) >= 11 is 5.58. The number of phenolic OH excluding ortho intramolecular Hbond substituents is 1. The lowest BCUT2D eigenvalue weighted by molar-refractivity contribution is 0.0917. The van der Waals surface area contributed by atoms with Gasteiger partial charge in [-0.3, -0.25) is 4.79 Å². The number of phenols is 1. The van der Waals surface area contributed by atoms with Gasteiger partial charge in [0.1, 0.15) is 11.6 Å². The van der Waals surface area contributed by atoms with E-state index in [1.807, 2.05) is 13.8 Å². The molecule has 0 fully saturated rings. The van der Waals surface area contributed by atoms with E-state index in [9.17, 15) is 19.4 Å². The Hall–Kier alpha value is -1.33. The van der Waals surface area contributed by atoms with Crippen molar-refractivity contribution in [1.29, 1.82) is 0 Å². The van der Waals surface area contributed by atoms with E-state index in [1.54, 1.807) is 0 Å². The molecule has 0 heterocycles. The molecule has 4 nitrogen and oxygen atoms in total. The Morgan fingerprint density at radius 2 is 2.11 bits per heavy atom. The number of rotatable bonds is 5. The van der Waals surface area contributed by atoms with Crippen molar-refractivity contribution in [3.05, 3.63) is 28.5 Å². The summed E-state index contributed by atoms with van der Waals surface area (Å²) in [6.07, 6.45) is -0.141. The van der Waals surface area contributed by atoms with E-state index in [0.29, 0.717) is 6.42 Å². The number of halogens is 2. The molecule has 0 saturated carbocycles. The zero-order valence-corrected chi connectivity index (χ0v) is 11.5. The van der Waals surface area contributed by atoms with Crippen LogP contribution in [0.3, 0.4) is 0 Å². The molecule has 1 aromatic rings. The first-order valence-corrected chi connectivity index (χ1v) is 6.35. The van der Waals surface area contributed by atoms with Gasteiger partial charge < -0.3 is 15.5 Å². The Morgan fingerprint density at radius 3 is 2.68 bits per heavy atom. The molecule has 0 saturated heterocycles. The topological polar surface area (TPSA) is 69.6 Å². The van der Waals surface area contributed by atoms with E-state index in [-0.39, 0.29) is 23.0 Å². The zero-order valence-electron chi connectivity index (χ0n) is 10.8. The van der Waals surface area contributed by atoms with Gasteiger partial charge in [-0.2, -0.15) is 0 Å². The maximum Gasteiger partial charge on any atom is 0.255 e. The van der Waals surface area contributed by atoms with Crippen LogP contribution < -0.4 is 5.32 Å². The van der Waals surface area contributed by atoms with Crippen molar-refractivity contribution in [2.45, 2.75) is 26.4 Å². The molecule has 1 unspecified atom stereocenters. The molecule has 0 aromatic heterocycles. The van der Waals surface area contributed by atoms with Crippen LogP contribution in [0.4, 0.5) is 4.39 Å². The van der Waals surface area contributed by atoms with Crippen LogP contribution in [0.25, 0.3) is 0 Å². The van der Waals surface area contributed by atoms with Gasteiger partial charge in [0.2, 0.25) is 0 Å². The van der Waals surface area contributed by atoms with Crippen molar-refractivity contribution in [1.82, 2.24) is 5.32 Å². The highest BCUT2D eigenvalue weighted by Crippen LogP contribution is 2.28. The fraction of sp³-hybridized carbons (Fsp3) is 0.462. The van der Waals surface area contributed by atoms with E-state index in [0.717, 1.165) is 12.1 Å². The molecule has 1 amide bonds. The summed E-state index contributed by atoms with van der Waals surface area (Å²) in [4.78, 5) is 11.7. The Balaban J connectivity index is 2.64. The fourth-order valence-electron chi connectivity index (χ4n) is 1.50. The van der Waals surface area contributed by atoms with Gasteiger partial charge in [-0.05, 0) is 24.5 Å². The number of hydrogen-bond donors (Lipinski definition) is 3. The molecule has 0 aliphatic rings. The van der Waals surface area contributed by atoms with Gasteiger partial charge in [-0.15, -0.1) is 0 Å². The average molecular weight is 290 g/mol. The van der Waals surface area contributed by atoms with Crippen molar-refractivity contribution in [2.24, 2.45) is 5.92 Å². The highest BCUT2D eigenvalue weighted by atomic mass is 35.5. The molecule has 1 atom stereocenters. The van der Waals surface area contributed by atoms with E-state index in [1.165, 1.54) is 0 Å². The molecule has 1 aromatic carbocycles. The predicted octanol–water partition coefficient (Wildman–Crippen LogP) is 2.32. The lowest BCUT2D eigenvalue weighted by atomic mass is 10.0. The molecule has 0 radical (unpaired) electrons. The van der Waals surface area contributed by atoms with E-state index >= 15 is 0 Å². The highest BCUT2D eigenvalue weighted by Gasteiger charge is 2.16. The zero-order chi connectivity index (χ0) is 14.6. The minimum Gasteiger partial charge on any atom is -0.506 e. The van der Waals surface area contributed by atoms with Crippen LogP contribution >= 0.6 is 11.6 Å². The van der Waals surface area contributed by atoms with Crippen LogP contribution in [0.1, 0.15) is 30.6 Å². The smallest absolute Gasteiger partial charge is 0.255 e. The molecule has 19 heavy (non-hydrogen) atoms. The molecule has 106 valence electrons. The van der Waals surface area contributed by atoms with Gasteiger partial charge in [-0.25, -0.2) is 4.39 Å². The van der Waals surface area contributed by atoms with Gasteiger partial charge in [0.25, 0.3) is 5.91 Å². The van der Waals surface area contributed by atoms with Gasteiger partial charge in [0, 0.05) is 6.54 Å². The van der Waals surface area contributed by atoms with E-state index in [4.69, 9.17) is 11.6 Å². The largest absolute Gasteiger partial charge is 0.506 e. The van der Waals surface area contributed by atoms with Crippen LogP contribution in [0.2, 0.25) is 5.02 Å². The van der Waals surface area contributed by atoms with Gasteiger partial charge >= 0.3 is 0 Å². The van der Waals surface area contributed by atoms with Crippen LogP contribution in [0.5, 0.6) is 5.75 Å². The minimum atomic E-state index is -0.699. The number of nitrogens with one attached hydrogen (secondary N) is 1. The van der Waals surface area contributed by atoms with Crippen LogP contribution in [0.15, 0.2) is 12.1 Å². The Kier molecular flexibility index (Phi) is 5.57. The maximum absolute atomic E-state index is 13.1. The number of aliphatic hydroxyl groups excluding tert-OH is 1. The molecule has 0 spiro atoms. The normalized spacial score (nSPS) is 12.5. The average Bonchev–Trinajstić information content (AvgIpc) is 2.33. The summed E-state index contributed by atoms with van der Waals surface area (Å²) in [7, 11) is 0. The summed E-state index contributed by atoms with van der Waals surface area (Å²) in [6, 6.07) is 1.84. The van der Waals surface area contributed by atoms with Crippen molar-refractivity contribution in [3.63, 3.8) is 0 Å². The first kappa shape index (κ1) is 15.7. The number of amides is 1. The number of carbonyl (C=O) groups excluding carboxylic acids is 1. The molecule has 6 heteroatoms. The van der Waals surface area contributed by atoms with Crippen LogP contribution in [-0.2, 0) is 0 Å². The van der Waals surface area contributed by atoms with Crippen molar-refractivity contribution >= 4 is 17.5 Å². The number of benzene rings is 1. The fourth-order valence-corrected chi connectivity index (χ4v) is 1.71. The van der Waals surface area contributed by atoms with Gasteiger partial charge in [-0.1, -0.05) is 25.4 Å². The lowest BCUT2D eigenvalue weighted by Gasteiger charge is -2.14. The summed E-state index contributed by atoms with van der Waals surface area (Å²) in [5.41, 5.74) is -0.218. The number of hydrogen-bond acceptors (Lipinski definition) is 3. The quantitative estimate of drug-likeness (QED) is 0.779. The Labute approximate surface area is 116 Å². The summed E-state index contributed by atoms with van der Waals surface area (Å²) in [5.74, 6) is -1.69. The number of aromatic hydroxyl groups is 1. The SMILES string of the molecule is CC(C)C(O)CCNC(=O)c1cc(F)cc(Cl)c1O. The number of carbonyl (C=O) groups is 1. The van der Waals surface area contributed by atoms with Crippen molar-refractivity contribution in [3.8, 4) is 5.75 Å². The highest BCUT2D eigenvalue weighted by molar-refractivity contribution is 6.32. The third-order valence-corrected chi connectivity index (χ3v) is 3.06. The number of aliphatic hydroxyl groups is 1. The second-order valence-corrected chi connectivity index (χ2v) is 5.05. The monoisotopic (exact) mass is 289 g/mol. The van der Waals surface area contributed by atoms with Crippen LogP contribution in [-0.4, -0.2) is 28.8 Å². The summed E-state index contributed by atoms with van der Waals surface area (Å²) in [5, 5.41) is 21.4. The molecular formula is C13H17ClFNO3. The molecule has 1 rings (SSSR count). The minimum absolute atomic E-state index is 0.0916. The summed E-state index contributed by atoms with van der Waals surface area (Å²) < 4.78 is 13.1. The maximum atomic E-state index is 13.1. The lowest BCUT2D eigenvalue weighted by Crippen LogP contribution is -2.28. The molecule has 0 bridgehead atoms. The molecule has 0 aliphatic carbocycles.